The minimum atomic E-state index is 0.790. The highest BCUT2D eigenvalue weighted by Gasteiger charge is 2.01. The fraction of sp³-hybridized carbons (Fsp3) is 0.333. The number of nitrogens with one attached hydrogen (secondary N) is 1. The summed E-state index contributed by atoms with van der Waals surface area (Å²) in [6.45, 7) is 8.16. The van der Waals surface area contributed by atoms with Crippen LogP contribution in [-0.2, 0) is 13.1 Å². The van der Waals surface area contributed by atoms with Crippen LogP contribution < -0.4 is 10.2 Å². The van der Waals surface area contributed by atoms with E-state index in [0.717, 1.165) is 31.2 Å². The average Bonchev–Trinajstić information content (AvgIpc) is 2.50. The lowest BCUT2D eigenvalue weighted by molar-refractivity contribution is 0.693. The number of rotatable bonds is 7. The van der Waals surface area contributed by atoms with Gasteiger partial charge in [0.15, 0.2) is 0 Å². The smallest absolute Gasteiger partial charge is 0.0409 e. The van der Waals surface area contributed by atoms with Crippen molar-refractivity contribution in [3.05, 3.63) is 64.7 Å². The molecule has 2 nitrogen and oxygen atoms in total. The molecule has 0 atom stereocenters. The van der Waals surface area contributed by atoms with Crippen LogP contribution in [0.15, 0.2) is 48.5 Å². The third kappa shape index (κ3) is 4.76. The number of anilines is 1. The SMILES string of the molecule is CCN(CC)c1ccc(CNCc2cccc(Cl)c2)cc1. The van der Waals surface area contributed by atoms with Gasteiger partial charge in [0, 0.05) is 36.9 Å². The van der Waals surface area contributed by atoms with E-state index in [1.165, 1.54) is 16.8 Å². The van der Waals surface area contributed by atoms with E-state index < -0.39 is 0 Å². The lowest BCUT2D eigenvalue weighted by Crippen LogP contribution is -2.21. The van der Waals surface area contributed by atoms with Crippen LogP contribution in [0.2, 0.25) is 5.02 Å². The van der Waals surface area contributed by atoms with Gasteiger partial charge in [-0.2, -0.15) is 0 Å². The monoisotopic (exact) mass is 302 g/mol. The van der Waals surface area contributed by atoms with Crippen molar-refractivity contribution in [2.24, 2.45) is 0 Å². The van der Waals surface area contributed by atoms with Crippen molar-refractivity contribution in [3.8, 4) is 0 Å². The molecule has 0 heterocycles. The summed E-state index contributed by atoms with van der Waals surface area (Å²) in [7, 11) is 0. The Morgan fingerprint density at radius 1 is 0.905 bits per heavy atom. The first-order valence-corrected chi connectivity index (χ1v) is 7.89. The number of nitrogens with zero attached hydrogens (tertiary/aromatic N) is 1. The van der Waals surface area contributed by atoms with E-state index >= 15 is 0 Å². The molecule has 0 amide bonds. The summed E-state index contributed by atoms with van der Waals surface area (Å²) < 4.78 is 0. The number of benzene rings is 2. The van der Waals surface area contributed by atoms with Gasteiger partial charge in [0.05, 0.1) is 0 Å². The van der Waals surface area contributed by atoms with Gasteiger partial charge in [-0.05, 0) is 49.2 Å². The van der Waals surface area contributed by atoms with Crippen LogP contribution >= 0.6 is 11.6 Å². The molecule has 112 valence electrons. The summed E-state index contributed by atoms with van der Waals surface area (Å²) in [5.74, 6) is 0. The standard InChI is InChI=1S/C18H23ClN2/c1-3-21(4-2)18-10-8-15(9-11-18)13-20-14-16-6-5-7-17(19)12-16/h5-12,20H,3-4,13-14H2,1-2H3. The van der Waals surface area contributed by atoms with Gasteiger partial charge in [-0.1, -0.05) is 35.9 Å². The number of hydrogen-bond donors (Lipinski definition) is 1. The largest absolute Gasteiger partial charge is 0.372 e. The summed E-state index contributed by atoms with van der Waals surface area (Å²) in [5, 5.41) is 4.24. The Labute approximate surface area is 132 Å². The Hall–Kier alpha value is -1.51. The number of halogens is 1. The van der Waals surface area contributed by atoms with Crippen LogP contribution in [0.3, 0.4) is 0 Å². The summed E-state index contributed by atoms with van der Waals surface area (Å²) in [6, 6.07) is 16.7. The van der Waals surface area contributed by atoms with Crippen molar-refractivity contribution < 1.29 is 0 Å². The molecule has 2 aromatic rings. The molecule has 0 aliphatic carbocycles. The predicted octanol–water partition coefficient (Wildman–Crippen LogP) is 4.48. The van der Waals surface area contributed by atoms with Crippen LogP contribution in [0.4, 0.5) is 5.69 Å². The highest BCUT2D eigenvalue weighted by molar-refractivity contribution is 6.30. The van der Waals surface area contributed by atoms with Crippen molar-refractivity contribution in [1.29, 1.82) is 0 Å². The number of hydrogen-bond acceptors (Lipinski definition) is 2. The minimum absolute atomic E-state index is 0.790. The van der Waals surface area contributed by atoms with Gasteiger partial charge in [-0.15, -0.1) is 0 Å². The summed E-state index contributed by atoms with van der Waals surface area (Å²) in [5.41, 5.74) is 3.80. The van der Waals surface area contributed by atoms with Crippen LogP contribution in [-0.4, -0.2) is 13.1 Å². The summed E-state index contributed by atoms with van der Waals surface area (Å²) >= 11 is 5.98. The lowest BCUT2D eigenvalue weighted by Gasteiger charge is -2.21. The zero-order valence-corrected chi connectivity index (χ0v) is 13.5. The normalized spacial score (nSPS) is 10.6. The Balaban J connectivity index is 1.86. The van der Waals surface area contributed by atoms with Crippen molar-refractivity contribution in [2.75, 3.05) is 18.0 Å². The quantitative estimate of drug-likeness (QED) is 0.811. The molecule has 0 saturated heterocycles. The third-order valence-corrected chi connectivity index (χ3v) is 3.85. The molecule has 0 aliphatic rings. The minimum Gasteiger partial charge on any atom is -0.372 e. The van der Waals surface area contributed by atoms with Crippen molar-refractivity contribution in [2.45, 2.75) is 26.9 Å². The molecule has 0 spiro atoms. The maximum Gasteiger partial charge on any atom is 0.0409 e. The second kappa shape index (κ2) is 8.06. The highest BCUT2D eigenvalue weighted by atomic mass is 35.5. The molecule has 0 fully saturated rings. The molecule has 2 aromatic carbocycles. The fourth-order valence-corrected chi connectivity index (χ4v) is 2.62. The van der Waals surface area contributed by atoms with Crippen molar-refractivity contribution >= 4 is 17.3 Å². The van der Waals surface area contributed by atoms with E-state index in [-0.39, 0.29) is 0 Å². The molecule has 0 aliphatic heterocycles. The molecular formula is C18H23ClN2. The van der Waals surface area contributed by atoms with Crippen LogP contribution in [0.25, 0.3) is 0 Å². The van der Waals surface area contributed by atoms with Gasteiger partial charge in [0.25, 0.3) is 0 Å². The van der Waals surface area contributed by atoms with Gasteiger partial charge in [-0.3, -0.25) is 0 Å². The molecule has 1 N–H and O–H groups in total. The topological polar surface area (TPSA) is 15.3 Å². The van der Waals surface area contributed by atoms with Crippen molar-refractivity contribution in [3.63, 3.8) is 0 Å². The maximum absolute atomic E-state index is 5.98. The average molecular weight is 303 g/mol. The highest BCUT2D eigenvalue weighted by Crippen LogP contribution is 2.15. The molecule has 3 heteroatoms. The lowest BCUT2D eigenvalue weighted by atomic mass is 10.1. The zero-order valence-electron chi connectivity index (χ0n) is 12.8. The van der Waals surface area contributed by atoms with Gasteiger partial charge < -0.3 is 10.2 Å². The molecule has 0 radical (unpaired) electrons. The van der Waals surface area contributed by atoms with E-state index in [2.05, 4.69) is 54.4 Å². The molecule has 0 unspecified atom stereocenters. The van der Waals surface area contributed by atoms with Crippen LogP contribution in [0.1, 0.15) is 25.0 Å². The Kier molecular flexibility index (Phi) is 6.09. The second-order valence-electron chi connectivity index (χ2n) is 5.07. The molecule has 0 saturated carbocycles. The van der Waals surface area contributed by atoms with Crippen LogP contribution in [0.5, 0.6) is 0 Å². The first kappa shape index (κ1) is 15.9. The van der Waals surface area contributed by atoms with Gasteiger partial charge in [0.1, 0.15) is 0 Å². The predicted molar refractivity (Wildman–Crippen MR) is 92.0 cm³/mol. The maximum atomic E-state index is 5.98. The molecule has 0 aromatic heterocycles. The second-order valence-corrected chi connectivity index (χ2v) is 5.51. The zero-order chi connectivity index (χ0) is 15.1. The molecule has 21 heavy (non-hydrogen) atoms. The summed E-state index contributed by atoms with van der Waals surface area (Å²) in [4.78, 5) is 2.35. The first-order chi connectivity index (χ1) is 10.2. The van der Waals surface area contributed by atoms with Gasteiger partial charge in [0.2, 0.25) is 0 Å². The van der Waals surface area contributed by atoms with Crippen molar-refractivity contribution in [1.82, 2.24) is 5.32 Å². The molecule has 2 rings (SSSR count). The van der Waals surface area contributed by atoms with E-state index in [1.54, 1.807) is 0 Å². The van der Waals surface area contributed by atoms with Gasteiger partial charge >= 0.3 is 0 Å². The Bertz CT molecular complexity index is 547. The van der Waals surface area contributed by atoms with E-state index in [0.29, 0.717) is 0 Å². The summed E-state index contributed by atoms with van der Waals surface area (Å²) in [6.07, 6.45) is 0. The first-order valence-electron chi connectivity index (χ1n) is 7.52. The Morgan fingerprint density at radius 3 is 2.19 bits per heavy atom. The molecule has 0 bridgehead atoms. The van der Waals surface area contributed by atoms with E-state index in [4.69, 9.17) is 11.6 Å². The van der Waals surface area contributed by atoms with E-state index in [1.807, 2.05) is 18.2 Å². The third-order valence-electron chi connectivity index (χ3n) is 3.61. The van der Waals surface area contributed by atoms with Gasteiger partial charge in [-0.25, -0.2) is 0 Å². The van der Waals surface area contributed by atoms with E-state index in [9.17, 15) is 0 Å². The van der Waals surface area contributed by atoms with Crippen LogP contribution in [0, 0.1) is 0 Å². The fourth-order valence-electron chi connectivity index (χ4n) is 2.41. The molecular weight excluding hydrogens is 280 g/mol. The Morgan fingerprint density at radius 2 is 1.57 bits per heavy atom.